The van der Waals surface area contributed by atoms with Gasteiger partial charge in [0.25, 0.3) is 0 Å². The number of nitrogens with zero attached hydrogens (tertiary/aromatic N) is 2. The molecule has 0 saturated carbocycles. The van der Waals surface area contributed by atoms with Crippen LogP contribution in [0.15, 0.2) is 24.3 Å². The number of rotatable bonds is 3. The summed E-state index contributed by atoms with van der Waals surface area (Å²) >= 11 is 0. The molecule has 1 N–H and O–H groups in total. The predicted octanol–water partition coefficient (Wildman–Crippen LogP) is 1.59. The zero-order chi connectivity index (χ0) is 15.4. The molecule has 1 aliphatic heterocycles. The fraction of sp³-hybridized carbons (Fsp3) is 0.333. The van der Waals surface area contributed by atoms with E-state index in [0.29, 0.717) is 31.9 Å². The van der Waals surface area contributed by atoms with Crippen molar-refractivity contribution in [1.82, 2.24) is 4.90 Å². The Balaban J connectivity index is 2.22. The Morgan fingerprint density at radius 1 is 1.24 bits per heavy atom. The summed E-state index contributed by atoms with van der Waals surface area (Å²) in [7, 11) is 0. The summed E-state index contributed by atoms with van der Waals surface area (Å²) in [6.45, 7) is 3.87. The van der Waals surface area contributed by atoms with Crippen molar-refractivity contribution < 1.29 is 19.1 Å². The van der Waals surface area contributed by atoms with Gasteiger partial charge < -0.3 is 14.9 Å². The fourth-order valence-electron chi connectivity index (χ4n) is 2.38. The number of aliphatic carboxylic acids is 1. The van der Waals surface area contributed by atoms with Gasteiger partial charge in [0.15, 0.2) is 0 Å². The van der Waals surface area contributed by atoms with Gasteiger partial charge in [-0.15, -0.1) is 0 Å². The maximum atomic E-state index is 13.9. The number of amides is 1. The molecule has 0 unspecified atom stereocenters. The van der Waals surface area contributed by atoms with Gasteiger partial charge in [0.1, 0.15) is 5.82 Å². The molecule has 112 valence electrons. The molecule has 1 heterocycles. The molecule has 6 heteroatoms. The van der Waals surface area contributed by atoms with Gasteiger partial charge in [-0.2, -0.15) is 0 Å². The van der Waals surface area contributed by atoms with E-state index in [0.717, 1.165) is 6.08 Å². The quantitative estimate of drug-likeness (QED) is 0.860. The molecule has 5 nitrogen and oxygen atoms in total. The number of carboxylic acids is 1. The normalized spacial score (nSPS) is 15.5. The molecule has 2 rings (SSSR count). The lowest BCUT2D eigenvalue weighted by atomic mass is 10.1. The zero-order valence-electron chi connectivity index (χ0n) is 11.8. The second-order valence-corrected chi connectivity index (χ2v) is 4.84. The van der Waals surface area contributed by atoms with Crippen molar-refractivity contribution in [3.05, 3.63) is 35.7 Å². The Morgan fingerprint density at radius 3 is 2.48 bits per heavy atom. The molecule has 0 spiro atoms. The number of carboxylic acid groups (broad SMARTS) is 1. The van der Waals surface area contributed by atoms with Crippen LogP contribution in [0.4, 0.5) is 10.1 Å². The Morgan fingerprint density at radius 2 is 1.90 bits per heavy atom. The minimum Gasteiger partial charge on any atom is -0.478 e. The lowest BCUT2D eigenvalue weighted by Crippen LogP contribution is -2.48. The Hall–Kier alpha value is -2.37. The molecule has 1 fully saturated rings. The third-order valence-corrected chi connectivity index (χ3v) is 3.49. The highest BCUT2D eigenvalue weighted by atomic mass is 19.1. The van der Waals surface area contributed by atoms with Crippen LogP contribution in [-0.2, 0) is 9.59 Å². The summed E-state index contributed by atoms with van der Waals surface area (Å²) in [5, 5.41) is 8.70. The minimum absolute atomic E-state index is 0.0277. The lowest BCUT2D eigenvalue weighted by Gasteiger charge is -2.36. The van der Waals surface area contributed by atoms with E-state index in [2.05, 4.69) is 0 Å². The number of halogens is 1. The van der Waals surface area contributed by atoms with E-state index in [4.69, 9.17) is 5.11 Å². The highest BCUT2D eigenvalue weighted by Crippen LogP contribution is 2.25. The number of anilines is 1. The molecule has 0 bridgehead atoms. The van der Waals surface area contributed by atoms with E-state index in [-0.39, 0.29) is 11.5 Å². The molecule has 21 heavy (non-hydrogen) atoms. The maximum absolute atomic E-state index is 13.9. The smallest absolute Gasteiger partial charge is 0.328 e. The first kappa shape index (κ1) is 15.0. The average molecular weight is 292 g/mol. The van der Waals surface area contributed by atoms with Crippen molar-refractivity contribution in [2.75, 3.05) is 31.1 Å². The molecule has 1 saturated heterocycles. The van der Waals surface area contributed by atoms with E-state index < -0.39 is 11.8 Å². The van der Waals surface area contributed by atoms with E-state index in [9.17, 15) is 14.0 Å². The average Bonchev–Trinajstić information content (AvgIpc) is 2.45. The summed E-state index contributed by atoms with van der Waals surface area (Å²) < 4.78 is 13.9. The van der Waals surface area contributed by atoms with Crippen molar-refractivity contribution >= 4 is 23.6 Å². The Labute approximate surface area is 122 Å². The van der Waals surface area contributed by atoms with E-state index in [1.807, 2.05) is 4.90 Å². The monoisotopic (exact) mass is 292 g/mol. The van der Waals surface area contributed by atoms with Crippen LogP contribution in [0, 0.1) is 5.82 Å². The SMILES string of the molecule is CC(=O)N1CCN(c2cccc(F)c2/C=C/C(=O)O)CC1. The van der Waals surface area contributed by atoms with Crippen LogP contribution < -0.4 is 4.90 Å². The molecular weight excluding hydrogens is 275 g/mol. The number of carbonyl (C=O) groups excluding carboxylic acids is 1. The molecule has 1 aliphatic rings. The van der Waals surface area contributed by atoms with Gasteiger partial charge in [-0.1, -0.05) is 6.07 Å². The van der Waals surface area contributed by atoms with Gasteiger partial charge >= 0.3 is 5.97 Å². The third-order valence-electron chi connectivity index (χ3n) is 3.49. The number of piperazine rings is 1. The number of hydrogen-bond donors (Lipinski definition) is 1. The first-order valence-electron chi connectivity index (χ1n) is 6.69. The fourth-order valence-corrected chi connectivity index (χ4v) is 2.38. The van der Waals surface area contributed by atoms with Crippen LogP contribution in [0.25, 0.3) is 6.08 Å². The first-order chi connectivity index (χ1) is 9.99. The molecule has 0 aliphatic carbocycles. The second kappa shape index (κ2) is 6.39. The van der Waals surface area contributed by atoms with E-state index in [1.54, 1.807) is 17.0 Å². The topological polar surface area (TPSA) is 60.9 Å². The molecule has 0 radical (unpaired) electrons. The van der Waals surface area contributed by atoms with Gasteiger partial charge in [0.05, 0.1) is 0 Å². The second-order valence-electron chi connectivity index (χ2n) is 4.84. The van der Waals surface area contributed by atoms with E-state index in [1.165, 1.54) is 19.1 Å². The molecule has 0 atom stereocenters. The number of carbonyl (C=O) groups is 2. The summed E-state index contributed by atoms with van der Waals surface area (Å²) in [6, 6.07) is 4.66. The van der Waals surface area contributed by atoms with Crippen molar-refractivity contribution in [1.29, 1.82) is 0 Å². The lowest BCUT2D eigenvalue weighted by molar-refractivity contribution is -0.131. The minimum atomic E-state index is -1.12. The summed E-state index contributed by atoms with van der Waals surface area (Å²) in [5.41, 5.74) is 0.909. The molecule has 1 aromatic carbocycles. The van der Waals surface area contributed by atoms with Gasteiger partial charge in [0, 0.05) is 50.4 Å². The van der Waals surface area contributed by atoms with Gasteiger partial charge in [-0.3, -0.25) is 4.79 Å². The maximum Gasteiger partial charge on any atom is 0.328 e. The summed E-state index contributed by atoms with van der Waals surface area (Å²) in [5.74, 6) is -1.55. The highest BCUT2D eigenvalue weighted by molar-refractivity contribution is 5.87. The Kier molecular flexibility index (Phi) is 4.57. The van der Waals surface area contributed by atoms with Gasteiger partial charge in [-0.25, -0.2) is 9.18 Å². The third kappa shape index (κ3) is 3.59. The van der Waals surface area contributed by atoms with Crippen LogP contribution >= 0.6 is 0 Å². The van der Waals surface area contributed by atoms with Gasteiger partial charge in [0.2, 0.25) is 5.91 Å². The van der Waals surface area contributed by atoms with Crippen LogP contribution in [-0.4, -0.2) is 48.1 Å². The van der Waals surface area contributed by atoms with Crippen molar-refractivity contribution in [2.24, 2.45) is 0 Å². The molecule has 0 aromatic heterocycles. The number of hydrogen-bond acceptors (Lipinski definition) is 3. The van der Waals surface area contributed by atoms with Crippen molar-refractivity contribution in [3.8, 4) is 0 Å². The van der Waals surface area contributed by atoms with E-state index >= 15 is 0 Å². The summed E-state index contributed by atoms with van der Waals surface area (Å²) in [6.07, 6.45) is 2.19. The zero-order valence-corrected chi connectivity index (χ0v) is 11.8. The van der Waals surface area contributed by atoms with Crippen molar-refractivity contribution in [3.63, 3.8) is 0 Å². The highest BCUT2D eigenvalue weighted by Gasteiger charge is 2.21. The number of benzene rings is 1. The van der Waals surface area contributed by atoms with Crippen LogP contribution in [0.1, 0.15) is 12.5 Å². The Bertz CT molecular complexity index is 578. The van der Waals surface area contributed by atoms with Crippen LogP contribution in [0.5, 0.6) is 0 Å². The molecule has 1 amide bonds. The predicted molar refractivity (Wildman–Crippen MR) is 77.5 cm³/mol. The largest absolute Gasteiger partial charge is 0.478 e. The standard InChI is InChI=1S/C15H17FN2O3/c1-11(19)17-7-9-18(10-8-17)14-4-2-3-13(16)12(14)5-6-15(20)21/h2-6H,7-10H2,1H3,(H,20,21)/b6-5+. The molecule has 1 aromatic rings. The summed E-state index contributed by atoms with van der Waals surface area (Å²) in [4.78, 5) is 25.6. The van der Waals surface area contributed by atoms with Crippen LogP contribution in [0.3, 0.4) is 0 Å². The molecular formula is C15H17FN2O3. The van der Waals surface area contributed by atoms with Crippen LogP contribution in [0.2, 0.25) is 0 Å². The van der Waals surface area contributed by atoms with Crippen molar-refractivity contribution in [2.45, 2.75) is 6.92 Å². The first-order valence-corrected chi connectivity index (χ1v) is 6.69. The van der Waals surface area contributed by atoms with Gasteiger partial charge in [-0.05, 0) is 18.2 Å².